The fourth-order valence-electron chi connectivity index (χ4n) is 1.35. The average molecular weight is 272 g/mol. The third-order valence-electron chi connectivity index (χ3n) is 2.11. The molecule has 0 radical (unpaired) electrons. The van der Waals surface area contributed by atoms with Gasteiger partial charge in [0.2, 0.25) is 0 Å². The van der Waals surface area contributed by atoms with Crippen LogP contribution in [0.25, 0.3) is 0 Å². The number of hydrogen-bond donors (Lipinski definition) is 2. The van der Waals surface area contributed by atoms with Crippen molar-refractivity contribution in [2.24, 2.45) is 0 Å². The molecule has 0 amide bonds. The van der Waals surface area contributed by atoms with Gasteiger partial charge in [-0.25, -0.2) is 8.78 Å². The molecule has 0 fully saturated rings. The first-order chi connectivity index (χ1) is 8.92. The zero-order valence-corrected chi connectivity index (χ0v) is 9.81. The number of pyridine rings is 1. The molecule has 9 heteroatoms. The molecule has 0 saturated heterocycles. The summed E-state index contributed by atoms with van der Waals surface area (Å²) < 4.78 is 30.9. The van der Waals surface area contributed by atoms with Gasteiger partial charge in [0.15, 0.2) is 11.9 Å². The Morgan fingerprint density at radius 2 is 2.37 bits per heavy atom. The summed E-state index contributed by atoms with van der Waals surface area (Å²) in [5.41, 5.74) is -1.14. The van der Waals surface area contributed by atoms with E-state index in [1.165, 1.54) is 7.05 Å². The van der Waals surface area contributed by atoms with Crippen LogP contribution < -0.4 is 10.1 Å². The number of halogens is 2. The molecule has 102 valence electrons. The largest absolute Gasteiger partial charge is 0.452 e. The van der Waals surface area contributed by atoms with E-state index in [0.717, 1.165) is 12.4 Å². The first-order valence-corrected chi connectivity index (χ1v) is 4.92. The van der Waals surface area contributed by atoms with Crippen LogP contribution in [0.5, 0.6) is 5.75 Å². The Labute approximate surface area is 106 Å². The first kappa shape index (κ1) is 14.5. The van der Waals surface area contributed by atoms with Crippen LogP contribution in [0.1, 0.15) is 12.0 Å². The number of anilines is 1. The van der Waals surface area contributed by atoms with Crippen molar-refractivity contribution in [2.75, 3.05) is 12.4 Å². The van der Waals surface area contributed by atoms with Crippen LogP contribution in [-0.4, -0.2) is 23.2 Å². The fraction of sp³-hybridized carbons (Fsp3) is 0.200. The summed E-state index contributed by atoms with van der Waals surface area (Å²) in [5.74, 6) is -1.32. The van der Waals surface area contributed by atoms with Gasteiger partial charge in [-0.1, -0.05) is 6.58 Å². The molecular weight excluding hydrogens is 262 g/mol. The van der Waals surface area contributed by atoms with Gasteiger partial charge in [0, 0.05) is 7.05 Å². The molecule has 2 N–H and O–H groups in total. The van der Waals surface area contributed by atoms with Crippen molar-refractivity contribution < 1.29 is 18.4 Å². The maximum atomic E-state index is 13.0. The topological polar surface area (TPSA) is 101 Å². The quantitative estimate of drug-likeness (QED) is 0.358. The Kier molecular flexibility index (Phi) is 4.46. The number of ether oxygens (including phenoxy) is 1. The molecule has 0 spiro atoms. The molecule has 0 aliphatic heterocycles. The van der Waals surface area contributed by atoms with Gasteiger partial charge in [-0.05, 0) is 9.91 Å². The van der Waals surface area contributed by atoms with Crippen molar-refractivity contribution in [3.63, 3.8) is 0 Å². The molecule has 0 bridgehead atoms. The van der Waals surface area contributed by atoms with E-state index in [0.29, 0.717) is 0 Å². The number of nitro groups is 1. The Balaban J connectivity index is 3.45. The van der Waals surface area contributed by atoms with Crippen LogP contribution in [0.4, 0.5) is 20.3 Å². The summed E-state index contributed by atoms with van der Waals surface area (Å²) in [6.45, 7) is 3.29. The minimum atomic E-state index is -3.02. The summed E-state index contributed by atoms with van der Waals surface area (Å²) in [6.07, 6.45) is -1.50. The highest BCUT2D eigenvalue weighted by molar-refractivity contribution is 5.73. The van der Waals surface area contributed by atoms with E-state index in [1.807, 2.05) is 0 Å². The summed E-state index contributed by atoms with van der Waals surface area (Å²) in [5, 5.41) is 19.9. The maximum Gasteiger partial charge on any atom is 0.387 e. The van der Waals surface area contributed by atoms with Crippen molar-refractivity contribution in [3.8, 4) is 5.75 Å². The third kappa shape index (κ3) is 3.00. The Morgan fingerprint density at radius 3 is 2.79 bits per heavy atom. The molecule has 0 unspecified atom stereocenters. The molecule has 0 aliphatic carbocycles. The number of alkyl halides is 2. The van der Waals surface area contributed by atoms with E-state index in [1.54, 1.807) is 0 Å². The summed E-state index contributed by atoms with van der Waals surface area (Å²) in [6, 6.07) is 0. The van der Waals surface area contributed by atoms with Gasteiger partial charge in [-0.15, -0.1) is 0 Å². The number of hydrogen-bond acceptors (Lipinski definition) is 6. The molecule has 19 heavy (non-hydrogen) atoms. The van der Waals surface area contributed by atoms with Crippen LogP contribution in [0.15, 0.2) is 18.5 Å². The van der Waals surface area contributed by atoms with Gasteiger partial charge in [0.1, 0.15) is 11.4 Å². The smallest absolute Gasteiger partial charge is 0.387 e. The first-order valence-electron chi connectivity index (χ1n) is 4.92. The second-order valence-corrected chi connectivity index (χ2v) is 3.26. The highest BCUT2D eigenvalue weighted by Gasteiger charge is 2.29. The molecule has 1 aromatic heterocycles. The van der Waals surface area contributed by atoms with Crippen LogP contribution in [0.2, 0.25) is 0 Å². The van der Waals surface area contributed by atoms with Gasteiger partial charge >= 0.3 is 5.82 Å². The van der Waals surface area contributed by atoms with Crippen LogP contribution in [0, 0.1) is 15.5 Å². The van der Waals surface area contributed by atoms with E-state index < -0.39 is 34.2 Å². The third-order valence-corrected chi connectivity index (χ3v) is 2.11. The number of aromatic nitrogens is 1. The van der Waals surface area contributed by atoms with Gasteiger partial charge < -0.3 is 25.6 Å². The number of nitrogens with zero attached hydrogens (tertiary/aromatic N) is 2. The predicted octanol–water partition coefficient (Wildman–Crippen LogP) is 2.51. The average Bonchev–Trinajstić information content (AvgIpc) is 2.36. The zero-order valence-electron chi connectivity index (χ0n) is 9.81. The Bertz CT molecular complexity index is 534. The van der Waals surface area contributed by atoms with Crippen molar-refractivity contribution in [1.29, 1.82) is 5.41 Å². The van der Waals surface area contributed by atoms with Crippen LogP contribution in [-0.2, 0) is 0 Å². The normalized spacial score (nSPS) is 10.1. The lowest BCUT2D eigenvalue weighted by atomic mass is 10.2. The molecule has 0 saturated carbocycles. The van der Waals surface area contributed by atoms with Crippen molar-refractivity contribution in [3.05, 3.63) is 34.2 Å². The van der Waals surface area contributed by atoms with E-state index in [4.69, 9.17) is 10.1 Å². The fourth-order valence-corrected chi connectivity index (χ4v) is 1.35. The molecule has 1 heterocycles. The van der Waals surface area contributed by atoms with Crippen LogP contribution >= 0.6 is 0 Å². The van der Waals surface area contributed by atoms with Gasteiger partial charge in [0.05, 0.1) is 11.8 Å². The monoisotopic (exact) mass is 272 g/mol. The SMILES string of the molecule is C=C(C=N)Oc1cnc([N+](=O)[O-])c(NC)c1C(F)F. The number of nitrogens with one attached hydrogen (secondary N) is 2. The maximum absolute atomic E-state index is 13.0. The summed E-state index contributed by atoms with van der Waals surface area (Å²) in [4.78, 5) is 13.3. The highest BCUT2D eigenvalue weighted by atomic mass is 19.3. The zero-order chi connectivity index (χ0) is 14.6. The van der Waals surface area contributed by atoms with E-state index in [9.17, 15) is 18.9 Å². The molecule has 0 atom stereocenters. The lowest BCUT2D eigenvalue weighted by molar-refractivity contribution is -0.388. The van der Waals surface area contributed by atoms with Gasteiger partial charge in [0.25, 0.3) is 6.43 Å². The molecule has 7 nitrogen and oxygen atoms in total. The van der Waals surface area contributed by atoms with Crippen molar-refractivity contribution in [1.82, 2.24) is 4.98 Å². The Morgan fingerprint density at radius 1 is 1.74 bits per heavy atom. The summed E-state index contributed by atoms with van der Waals surface area (Å²) in [7, 11) is 1.26. The van der Waals surface area contributed by atoms with Crippen molar-refractivity contribution >= 4 is 17.7 Å². The summed E-state index contributed by atoms with van der Waals surface area (Å²) >= 11 is 0. The Hall–Kier alpha value is -2.58. The molecular formula is C10H10F2N4O3. The standard InChI is InChI=1S/C10H10F2N4O3/c1-5(3-13)19-6-4-15-10(16(17)18)8(14-2)7(6)9(11)12/h3-4,9,13-14H,1H2,2H3. The van der Waals surface area contributed by atoms with Crippen molar-refractivity contribution in [2.45, 2.75) is 6.43 Å². The minimum Gasteiger partial charge on any atom is -0.452 e. The highest BCUT2D eigenvalue weighted by Crippen LogP contribution is 2.39. The molecule has 1 aromatic rings. The number of rotatable bonds is 6. The van der Waals surface area contributed by atoms with E-state index in [-0.39, 0.29) is 5.76 Å². The molecule has 0 aliphatic rings. The molecule has 0 aromatic carbocycles. The minimum absolute atomic E-state index is 0.195. The second-order valence-electron chi connectivity index (χ2n) is 3.26. The van der Waals surface area contributed by atoms with Gasteiger partial charge in [-0.2, -0.15) is 0 Å². The van der Waals surface area contributed by atoms with Gasteiger partial charge in [-0.3, -0.25) is 0 Å². The lowest BCUT2D eigenvalue weighted by Gasteiger charge is -2.12. The second kappa shape index (κ2) is 5.85. The van der Waals surface area contributed by atoms with Crippen LogP contribution in [0.3, 0.4) is 0 Å². The lowest BCUT2D eigenvalue weighted by Crippen LogP contribution is -2.07. The van der Waals surface area contributed by atoms with E-state index in [2.05, 4.69) is 16.9 Å². The predicted molar refractivity (Wildman–Crippen MR) is 63.9 cm³/mol. The number of allylic oxidation sites excluding steroid dienone is 1. The molecule has 1 rings (SSSR count). The van der Waals surface area contributed by atoms with E-state index >= 15 is 0 Å².